The largest absolute Gasteiger partial charge is 0.333 e. The van der Waals surface area contributed by atoms with Crippen LogP contribution in [-0.4, -0.2) is 57.2 Å². The summed E-state index contributed by atoms with van der Waals surface area (Å²) < 4.78 is 1.84. The van der Waals surface area contributed by atoms with Crippen molar-refractivity contribution in [1.29, 1.82) is 0 Å². The van der Waals surface area contributed by atoms with Crippen LogP contribution >= 0.6 is 0 Å². The van der Waals surface area contributed by atoms with Gasteiger partial charge in [-0.05, 0) is 58.2 Å². The highest BCUT2D eigenvalue weighted by Gasteiger charge is 2.55. The number of carbonyl (C=O) groups is 1. The molecule has 0 saturated carbocycles. The van der Waals surface area contributed by atoms with Gasteiger partial charge >= 0.3 is 0 Å². The van der Waals surface area contributed by atoms with E-state index in [1.807, 2.05) is 25.6 Å². The second-order valence-corrected chi connectivity index (χ2v) is 9.00. The van der Waals surface area contributed by atoms with E-state index in [0.717, 1.165) is 23.5 Å². The molecule has 6 rings (SSSR count). The predicted octanol–water partition coefficient (Wildman–Crippen LogP) is 3.05. The van der Waals surface area contributed by atoms with Gasteiger partial charge in [0.25, 0.3) is 5.91 Å². The number of benzene rings is 1. The van der Waals surface area contributed by atoms with Gasteiger partial charge in [0.2, 0.25) is 0 Å². The third kappa shape index (κ3) is 2.55. The summed E-state index contributed by atoms with van der Waals surface area (Å²) in [5.41, 5.74) is 5.30. The Balaban J connectivity index is 1.55. The molecular formula is C23H30N4O. The van der Waals surface area contributed by atoms with Crippen molar-refractivity contribution in [3.05, 3.63) is 52.3 Å². The number of carbonyl (C=O) groups excluding carboxylic acids is 1. The number of fused-ring (bicyclic) bond motifs is 2. The van der Waals surface area contributed by atoms with Crippen molar-refractivity contribution in [2.75, 3.05) is 19.6 Å². The number of likely N-dealkylation sites (tertiary alicyclic amines) is 1. The molecule has 5 heterocycles. The molecule has 0 spiro atoms. The van der Waals surface area contributed by atoms with Crippen LogP contribution < -0.4 is 0 Å². The van der Waals surface area contributed by atoms with E-state index >= 15 is 0 Å². The molecule has 0 aliphatic carbocycles. The van der Waals surface area contributed by atoms with Crippen LogP contribution in [0.4, 0.5) is 0 Å². The lowest BCUT2D eigenvalue weighted by molar-refractivity contribution is -0.00345. The maximum Gasteiger partial charge on any atom is 0.257 e. The highest BCUT2D eigenvalue weighted by atomic mass is 16.2. The zero-order valence-electron chi connectivity index (χ0n) is 17.4. The van der Waals surface area contributed by atoms with Gasteiger partial charge in [-0.2, -0.15) is 5.10 Å². The lowest BCUT2D eigenvalue weighted by Gasteiger charge is -2.51. The first-order valence-electron chi connectivity index (χ1n) is 10.6. The number of piperidine rings is 3. The fraction of sp³-hybridized carbons (Fsp3) is 0.565. The number of aromatic nitrogens is 2. The number of nitrogens with zero attached hydrogens (tertiary/aromatic N) is 4. The molecule has 4 aliphatic rings. The molecule has 0 N–H and O–H groups in total. The van der Waals surface area contributed by atoms with Gasteiger partial charge in [0.1, 0.15) is 0 Å². The molecule has 5 nitrogen and oxygen atoms in total. The fourth-order valence-corrected chi connectivity index (χ4v) is 5.99. The minimum absolute atomic E-state index is 0.182. The van der Waals surface area contributed by atoms with Gasteiger partial charge in [0.15, 0.2) is 0 Å². The van der Waals surface area contributed by atoms with Crippen molar-refractivity contribution in [2.24, 2.45) is 13.0 Å². The quantitative estimate of drug-likeness (QED) is 0.807. The van der Waals surface area contributed by atoms with Gasteiger partial charge in [-0.1, -0.05) is 29.8 Å². The van der Waals surface area contributed by atoms with Gasteiger partial charge < -0.3 is 4.90 Å². The summed E-state index contributed by atoms with van der Waals surface area (Å²) >= 11 is 0. The van der Waals surface area contributed by atoms with E-state index in [1.54, 1.807) is 0 Å². The van der Waals surface area contributed by atoms with Gasteiger partial charge in [0.05, 0.1) is 17.3 Å². The SMILES string of the molecule is Cc1ccc([C@H]2CN(C(=O)c3c(C)nn(C)c3C)[C@@H]3C4CCN(CC4)[C@H]23)cc1. The molecule has 148 valence electrons. The Morgan fingerprint density at radius 1 is 1.04 bits per heavy atom. The fourth-order valence-electron chi connectivity index (χ4n) is 5.99. The summed E-state index contributed by atoms with van der Waals surface area (Å²) in [6.07, 6.45) is 2.44. The number of rotatable bonds is 2. The normalized spacial score (nSPS) is 31.3. The van der Waals surface area contributed by atoms with Crippen molar-refractivity contribution in [2.45, 2.75) is 51.6 Å². The number of amides is 1. The lowest BCUT2D eigenvalue weighted by atomic mass is 9.75. The minimum Gasteiger partial charge on any atom is -0.333 e. The standard InChI is InChI=1S/C23H30N4O/c1-14-5-7-17(8-6-14)19-13-27(21-18-9-11-26(12-10-18)22(19)21)23(28)20-15(2)24-25(4)16(20)3/h5-8,18-19,21-22H,9-13H2,1-4H3/t19-,21-,22-/m1/s1. The second-order valence-electron chi connectivity index (χ2n) is 9.00. The predicted molar refractivity (Wildman–Crippen MR) is 110 cm³/mol. The van der Waals surface area contributed by atoms with Crippen molar-refractivity contribution in [3.8, 4) is 0 Å². The molecule has 28 heavy (non-hydrogen) atoms. The summed E-state index contributed by atoms with van der Waals surface area (Å²) in [4.78, 5) is 18.6. The van der Waals surface area contributed by atoms with Crippen LogP contribution in [0.1, 0.15) is 51.6 Å². The molecule has 4 aliphatic heterocycles. The Hall–Kier alpha value is -2.14. The summed E-state index contributed by atoms with van der Waals surface area (Å²) in [7, 11) is 1.93. The molecule has 1 aromatic heterocycles. The van der Waals surface area contributed by atoms with Crippen LogP contribution in [0.5, 0.6) is 0 Å². The summed E-state index contributed by atoms with van der Waals surface area (Å²) in [6.45, 7) is 9.29. The van der Waals surface area contributed by atoms with Gasteiger partial charge in [-0.25, -0.2) is 0 Å². The van der Waals surface area contributed by atoms with Crippen LogP contribution in [0.2, 0.25) is 0 Å². The molecular weight excluding hydrogens is 348 g/mol. The van der Waals surface area contributed by atoms with E-state index in [1.165, 1.54) is 37.1 Å². The first-order valence-corrected chi connectivity index (χ1v) is 10.6. The van der Waals surface area contributed by atoms with Crippen LogP contribution in [0.3, 0.4) is 0 Å². The van der Waals surface area contributed by atoms with Crippen molar-refractivity contribution >= 4 is 5.91 Å². The van der Waals surface area contributed by atoms with E-state index < -0.39 is 0 Å². The molecule has 2 aromatic rings. The highest BCUT2D eigenvalue weighted by molar-refractivity contribution is 5.97. The summed E-state index contributed by atoms with van der Waals surface area (Å²) in [5, 5.41) is 4.50. The number of aryl methyl sites for hydroxylation is 3. The van der Waals surface area contributed by atoms with E-state index in [2.05, 4.69) is 46.1 Å². The van der Waals surface area contributed by atoms with Crippen LogP contribution in [0, 0.1) is 26.7 Å². The zero-order valence-corrected chi connectivity index (χ0v) is 17.4. The summed E-state index contributed by atoms with van der Waals surface area (Å²) in [6, 6.07) is 9.75. The molecule has 5 heteroatoms. The minimum atomic E-state index is 0.182. The molecule has 2 bridgehead atoms. The topological polar surface area (TPSA) is 41.4 Å². The Kier molecular flexibility index (Phi) is 4.13. The second kappa shape index (κ2) is 6.45. The first kappa shape index (κ1) is 17.9. The molecule has 4 fully saturated rings. The van der Waals surface area contributed by atoms with E-state index in [9.17, 15) is 4.79 Å². The van der Waals surface area contributed by atoms with E-state index in [0.29, 0.717) is 23.9 Å². The van der Waals surface area contributed by atoms with Crippen LogP contribution in [0.25, 0.3) is 0 Å². The highest BCUT2D eigenvalue weighted by Crippen LogP contribution is 2.47. The van der Waals surface area contributed by atoms with Crippen molar-refractivity contribution in [3.63, 3.8) is 0 Å². The molecule has 0 unspecified atom stereocenters. The maximum atomic E-state index is 13.7. The molecule has 3 atom stereocenters. The Labute approximate surface area is 167 Å². The average molecular weight is 379 g/mol. The summed E-state index contributed by atoms with van der Waals surface area (Å²) in [5.74, 6) is 1.21. The van der Waals surface area contributed by atoms with Gasteiger partial charge in [-0.3, -0.25) is 14.4 Å². The Morgan fingerprint density at radius 2 is 1.71 bits per heavy atom. The van der Waals surface area contributed by atoms with E-state index in [-0.39, 0.29) is 5.91 Å². The van der Waals surface area contributed by atoms with Crippen molar-refractivity contribution in [1.82, 2.24) is 19.6 Å². The molecule has 1 aromatic carbocycles. The third-order valence-electron chi connectivity index (χ3n) is 7.48. The molecule has 4 saturated heterocycles. The molecule has 1 amide bonds. The van der Waals surface area contributed by atoms with Crippen LogP contribution in [-0.2, 0) is 7.05 Å². The third-order valence-corrected chi connectivity index (χ3v) is 7.48. The van der Waals surface area contributed by atoms with Crippen LogP contribution in [0.15, 0.2) is 24.3 Å². The van der Waals surface area contributed by atoms with Gasteiger partial charge in [0, 0.05) is 31.2 Å². The van der Waals surface area contributed by atoms with Gasteiger partial charge in [-0.15, -0.1) is 0 Å². The Morgan fingerprint density at radius 3 is 2.32 bits per heavy atom. The zero-order chi connectivity index (χ0) is 19.6. The maximum absolute atomic E-state index is 13.7. The monoisotopic (exact) mass is 378 g/mol. The number of hydrogen-bond donors (Lipinski definition) is 0. The number of hydrogen-bond acceptors (Lipinski definition) is 3. The molecule has 0 radical (unpaired) electrons. The lowest BCUT2D eigenvalue weighted by Crippen LogP contribution is -2.60. The first-order chi connectivity index (χ1) is 13.5. The smallest absolute Gasteiger partial charge is 0.257 e. The van der Waals surface area contributed by atoms with Crippen molar-refractivity contribution < 1.29 is 4.79 Å². The van der Waals surface area contributed by atoms with E-state index in [4.69, 9.17) is 0 Å². The Bertz CT molecular complexity index is 907. The average Bonchev–Trinajstić information content (AvgIpc) is 3.23.